The first-order valence-electron chi connectivity index (χ1n) is 8.92. The van der Waals surface area contributed by atoms with Crippen molar-refractivity contribution in [2.24, 2.45) is 5.92 Å². The lowest BCUT2D eigenvalue weighted by Crippen LogP contribution is -2.52. The normalized spacial score (nSPS) is 13.7. The molecule has 2 atom stereocenters. The Kier molecular flexibility index (Phi) is 9.46. The molecule has 0 aliphatic heterocycles. The molecule has 1 rings (SSSR count). The van der Waals surface area contributed by atoms with Gasteiger partial charge in [-0.25, -0.2) is 9.78 Å². The third-order valence-corrected chi connectivity index (χ3v) is 4.86. The Morgan fingerprint density at radius 2 is 1.45 bits per heavy atom. The number of ether oxygens (including phenoxy) is 5. The highest BCUT2D eigenvalue weighted by Crippen LogP contribution is 2.48. The summed E-state index contributed by atoms with van der Waals surface area (Å²) in [4.78, 5) is 46.3. The lowest BCUT2D eigenvalue weighted by atomic mass is 9.72. The first kappa shape index (κ1) is 25.9. The summed E-state index contributed by atoms with van der Waals surface area (Å²) in [6, 6.07) is 2.88. The molecule has 0 N–H and O–H groups in total. The fraction of sp³-hybridized carbons (Fsp3) is 0.579. The van der Waals surface area contributed by atoms with Gasteiger partial charge >= 0.3 is 11.9 Å². The van der Waals surface area contributed by atoms with Crippen molar-refractivity contribution in [2.45, 2.75) is 18.4 Å². The summed E-state index contributed by atoms with van der Waals surface area (Å²) in [5.41, 5.74) is -2.05. The molecule has 0 saturated carbocycles. The molecule has 1 aromatic carbocycles. The van der Waals surface area contributed by atoms with Gasteiger partial charge in [0.15, 0.2) is 12.5 Å². The maximum Gasteiger partial charge on any atom is 0.320 e. The van der Waals surface area contributed by atoms with E-state index in [9.17, 15) is 19.7 Å². The number of carbonyl (C=O) groups is 2. The average molecular weight is 445 g/mol. The maximum atomic E-state index is 12.7. The first-order valence-corrected chi connectivity index (χ1v) is 8.92. The molecular formula is C19H27NO11. The van der Waals surface area contributed by atoms with E-state index in [0.29, 0.717) is 5.75 Å². The molecule has 12 heteroatoms. The summed E-state index contributed by atoms with van der Waals surface area (Å²) < 4.78 is 25.6. The number of nitro groups is 1. The third-order valence-electron chi connectivity index (χ3n) is 4.86. The van der Waals surface area contributed by atoms with Gasteiger partial charge in [0.2, 0.25) is 0 Å². The van der Waals surface area contributed by atoms with Gasteiger partial charge in [0.05, 0.1) is 48.6 Å². The van der Waals surface area contributed by atoms with Crippen molar-refractivity contribution in [3.05, 3.63) is 27.8 Å². The molecule has 1 aromatic rings. The van der Waals surface area contributed by atoms with Crippen molar-refractivity contribution in [1.29, 1.82) is 0 Å². The minimum absolute atomic E-state index is 0.0468. The zero-order valence-corrected chi connectivity index (χ0v) is 18.5. The van der Waals surface area contributed by atoms with Crippen LogP contribution in [0.4, 0.5) is 0 Å². The molecule has 174 valence electrons. The number of hydrogen-bond acceptors (Lipinski definition) is 11. The lowest BCUT2D eigenvalue weighted by molar-refractivity contribution is -0.583. The lowest BCUT2D eigenvalue weighted by Gasteiger charge is -2.34. The summed E-state index contributed by atoms with van der Waals surface area (Å²) >= 11 is 0. The van der Waals surface area contributed by atoms with Gasteiger partial charge in [-0.15, -0.1) is 0 Å². The van der Waals surface area contributed by atoms with Gasteiger partial charge in [-0.3, -0.25) is 19.7 Å². The molecule has 0 fully saturated rings. The van der Waals surface area contributed by atoms with Crippen LogP contribution in [0.25, 0.3) is 0 Å². The van der Waals surface area contributed by atoms with Crippen molar-refractivity contribution in [3.63, 3.8) is 0 Å². The van der Waals surface area contributed by atoms with Crippen LogP contribution in [-0.2, 0) is 28.8 Å². The number of esters is 2. The van der Waals surface area contributed by atoms with Crippen molar-refractivity contribution in [2.75, 3.05) is 49.3 Å². The number of nitrogens with zero attached hydrogens (tertiary/aromatic N) is 1. The van der Waals surface area contributed by atoms with Crippen molar-refractivity contribution < 1.29 is 48.0 Å². The van der Waals surface area contributed by atoms with Gasteiger partial charge in [-0.05, 0) is 0 Å². The number of carbonyl (C=O) groups excluding carboxylic acids is 2. The van der Waals surface area contributed by atoms with E-state index in [-0.39, 0.29) is 17.1 Å². The minimum Gasteiger partial charge on any atom is -0.496 e. The number of hydrogen-bond donors (Lipinski definition) is 0. The van der Waals surface area contributed by atoms with Crippen LogP contribution in [0.1, 0.15) is 18.4 Å². The zero-order valence-electron chi connectivity index (χ0n) is 18.5. The smallest absolute Gasteiger partial charge is 0.320 e. The number of rotatable bonds is 12. The zero-order chi connectivity index (χ0) is 23.8. The Labute approximate surface area is 179 Å². The summed E-state index contributed by atoms with van der Waals surface area (Å²) in [6.07, 6.45) is 0. The second kappa shape index (κ2) is 11.3. The molecule has 12 nitrogen and oxygen atoms in total. The van der Waals surface area contributed by atoms with Gasteiger partial charge < -0.3 is 23.7 Å². The van der Waals surface area contributed by atoms with Crippen molar-refractivity contribution in [1.82, 2.24) is 0 Å². The van der Waals surface area contributed by atoms with E-state index in [2.05, 4.69) is 4.89 Å². The predicted octanol–water partition coefficient (Wildman–Crippen LogP) is 1.37. The Balaban J connectivity index is 4.05. The van der Waals surface area contributed by atoms with Gasteiger partial charge in [-0.2, -0.15) is 0 Å². The molecule has 0 aliphatic rings. The summed E-state index contributed by atoms with van der Waals surface area (Å²) in [5, 5.41) is 12.3. The Hall–Kier alpha value is -3.12. The van der Waals surface area contributed by atoms with Crippen LogP contribution in [0, 0.1) is 16.0 Å². The van der Waals surface area contributed by atoms with E-state index in [1.807, 2.05) is 0 Å². The molecule has 0 radical (unpaired) electrons. The fourth-order valence-electron chi connectivity index (χ4n) is 3.23. The van der Waals surface area contributed by atoms with Crippen molar-refractivity contribution >= 4 is 11.9 Å². The highest BCUT2D eigenvalue weighted by molar-refractivity contribution is 5.96. The minimum atomic E-state index is -2.10. The van der Waals surface area contributed by atoms with Crippen LogP contribution in [-0.4, -0.2) is 71.7 Å². The van der Waals surface area contributed by atoms with Crippen LogP contribution in [0.3, 0.4) is 0 Å². The van der Waals surface area contributed by atoms with Gasteiger partial charge in [0, 0.05) is 29.5 Å². The van der Waals surface area contributed by atoms with E-state index < -0.39 is 40.8 Å². The summed E-state index contributed by atoms with van der Waals surface area (Å²) in [7, 11) is 7.30. The van der Waals surface area contributed by atoms with Crippen LogP contribution in [0.2, 0.25) is 0 Å². The Morgan fingerprint density at radius 3 is 1.77 bits per heavy atom. The van der Waals surface area contributed by atoms with Crippen LogP contribution >= 0.6 is 0 Å². The van der Waals surface area contributed by atoms with Crippen LogP contribution in [0.5, 0.6) is 17.2 Å². The van der Waals surface area contributed by atoms with E-state index in [1.165, 1.54) is 47.5 Å². The average Bonchev–Trinajstić information content (AvgIpc) is 2.78. The topological polar surface area (TPSA) is 142 Å². The molecule has 1 unspecified atom stereocenters. The highest BCUT2D eigenvalue weighted by atomic mass is 17.2. The molecule has 0 bridgehead atoms. The van der Waals surface area contributed by atoms with Crippen molar-refractivity contribution in [3.8, 4) is 17.2 Å². The van der Waals surface area contributed by atoms with E-state index in [0.717, 1.165) is 14.2 Å². The molecule has 0 amide bonds. The largest absolute Gasteiger partial charge is 0.496 e. The molecule has 0 saturated heterocycles. The van der Waals surface area contributed by atoms with Crippen LogP contribution < -0.4 is 14.2 Å². The number of benzene rings is 1. The summed E-state index contributed by atoms with van der Waals surface area (Å²) in [6.45, 7) is 0.558. The Morgan fingerprint density at radius 1 is 0.968 bits per heavy atom. The maximum absolute atomic E-state index is 12.7. The fourth-order valence-corrected chi connectivity index (χ4v) is 3.23. The van der Waals surface area contributed by atoms with E-state index in [4.69, 9.17) is 28.6 Å². The second-order valence-electron chi connectivity index (χ2n) is 6.49. The second-order valence-corrected chi connectivity index (χ2v) is 6.49. The Bertz CT molecular complexity index is 756. The molecule has 0 heterocycles. The molecule has 0 aromatic heterocycles. The standard InChI is InChI=1S/C19H27NO11/c1-19(20(23)24,10-31-30-7)16(15(17(21)28-5)18(22)29-6)14-12(26-3)8-11(25-2)9-13(14)27-4/h8-9,15-16H,10H2,1-7H3/t16-,19?/m0/s1. The van der Waals surface area contributed by atoms with Crippen LogP contribution in [0.15, 0.2) is 12.1 Å². The van der Waals surface area contributed by atoms with Gasteiger partial charge in [-0.1, -0.05) is 0 Å². The van der Waals surface area contributed by atoms with Gasteiger partial charge in [0.25, 0.3) is 5.54 Å². The van der Waals surface area contributed by atoms with Gasteiger partial charge in [0.1, 0.15) is 17.2 Å². The third kappa shape index (κ3) is 5.33. The monoisotopic (exact) mass is 445 g/mol. The first-order chi connectivity index (χ1) is 14.7. The van der Waals surface area contributed by atoms with E-state index in [1.54, 1.807) is 0 Å². The quantitative estimate of drug-likeness (QED) is 0.151. The highest BCUT2D eigenvalue weighted by Gasteiger charge is 2.58. The molecule has 0 aliphatic carbocycles. The number of methoxy groups -OCH3 is 5. The molecular weight excluding hydrogens is 418 g/mol. The predicted molar refractivity (Wildman–Crippen MR) is 105 cm³/mol. The van der Waals surface area contributed by atoms with E-state index >= 15 is 0 Å². The SMILES string of the molecule is COOCC(C)([C@@H](c1c(OC)cc(OC)cc1OC)C(C(=O)OC)C(=O)OC)[N+](=O)[O-]. The molecule has 31 heavy (non-hydrogen) atoms. The molecule has 0 spiro atoms. The summed E-state index contributed by atoms with van der Waals surface area (Å²) in [5.74, 6) is -4.92.